The number of nitrogens with zero attached hydrogens (tertiary/aromatic N) is 1. The molecule has 0 bridgehead atoms. The lowest BCUT2D eigenvalue weighted by atomic mass is 10.3. The topological polar surface area (TPSA) is 85.1 Å². The summed E-state index contributed by atoms with van der Waals surface area (Å²) in [4.78, 5) is 3.36. The molecule has 0 unspecified atom stereocenters. The zero-order valence-corrected chi connectivity index (χ0v) is 10.9. The minimum Gasteiger partial charge on any atom is -0.399 e. The minimum absolute atomic E-state index is 0.171. The maximum absolute atomic E-state index is 13.6. The third-order valence-electron chi connectivity index (χ3n) is 2.37. The van der Waals surface area contributed by atoms with Crippen LogP contribution in [0.3, 0.4) is 0 Å². The highest BCUT2D eigenvalue weighted by atomic mass is 32.2. The van der Waals surface area contributed by atoms with Gasteiger partial charge in [-0.1, -0.05) is 0 Å². The predicted molar refractivity (Wildman–Crippen MR) is 70.6 cm³/mol. The molecule has 1 aromatic heterocycles. The molecule has 0 aliphatic heterocycles. The standard InChI is InChI=1S/C12H12FN3O2S/c1-8-4-10(7-15-6-8)16-19(17,18)12-5-9(14)2-3-11(12)13/h2-7,16H,14H2,1H3. The Morgan fingerprint density at radius 3 is 2.68 bits per heavy atom. The fourth-order valence-corrected chi connectivity index (χ4v) is 2.69. The van der Waals surface area contributed by atoms with Gasteiger partial charge in [0.15, 0.2) is 0 Å². The van der Waals surface area contributed by atoms with Crippen molar-refractivity contribution in [1.82, 2.24) is 4.98 Å². The molecule has 0 amide bonds. The Morgan fingerprint density at radius 1 is 1.26 bits per heavy atom. The molecule has 0 aliphatic rings. The van der Waals surface area contributed by atoms with Gasteiger partial charge in [-0.3, -0.25) is 9.71 Å². The van der Waals surface area contributed by atoms with Gasteiger partial charge in [-0.15, -0.1) is 0 Å². The second-order valence-electron chi connectivity index (χ2n) is 4.05. The molecule has 3 N–H and O–H groups in total. The Kier molecular flexibility index (Phi) is 3.39. The molecule has 0 fully saturated rings. The zero-order chi connectivity index (χ0) is 14.0. The van der Waals surface area contributed by atoms with Crippen molar-refractivity contribution in [3.63, 3.8) is 0 Å². The van der Waals surface area contributed by atoms with Crippen LogP contribution in [0.15, 0.2) is 41.6 Å². The molecule has 19 heavy (non-hydrogen) atoms. The number of hydrogen-bond acceptors (Lipinski definition) is 4. The van der Waals surface area contributed by atoms with E-state index in [-0.39, 0.29) is 11.4 Å². The van der Waals surface area contributed by atoms with Gasteiger partial charge in [-0.2, -0.15) is 0 Å². The number of hydrogen-bond donors (Lipinski definition) is 2. The number of nitrogens with two attached hydrogens (primary N) is 1. The average molecular weight is 281 g/mol. The number of sulfonamides is 1. The maximum Gasteiger partial charge on any atom is 0.264 e. The number of halogens is 1. The van der Waals surface area contributed by atoms with Gasteiger partial charge in [-0.05, 0) is 36.8 Å². The first-order valence-electron chi connectivity index (χ1n) is 5.38. The molecule has 7 heteroatoms. The molecule has 5 nitrogen and oxygen atoms in total. The number of nitrogens with one attached hydrogen (secondary N) is 1. The molecule has 2 aromatic rings. The van der Waals surface area contributed by atoms with Crippen molar-refractivity contribution in [2.75, 3.05) is 10.5 Å². The van der Waals surface area contributed by atoms with Crippen molar-refractivity contribution in [3.05, 3.63) is 48.0 Å². The Bertz CT molecular complexity index is 717. The van der Waals surface area contributed by atoms with E-state index in [1.165, 1.54) is 12.3 Å². The normalized spacial score (nSPS) is 11.3. The Labute approximate surface area is 110 Å². The molecule has 2 rings (SSSR count). The van der Waals surface area contributed by atoms with Crippen molar-refractivity contribution >= 4 is 21.4 Å². The second kappa shape index (κ2) is 4.85. The summed E-state index contributed by atoms with van der Waals surface area (Å²) < 4.78 is 39.9. The van der Waals surface area contributed by atoms with Gasteiger partial charge in [0.05, 0.1) is 11.9 Å². The summed E-state index contributed by atoms with van der Waals surface area (Å²) in [6.07, 6.45) is 2.92. The van der Waals surface area contributed by atoms with Crippen molar-refractivity contribution in [1.29, 1.82) is 0 Å². The van der Waals surface area contributed by atoms with Crippen LogP contribution in [-0.2, 0) is 10.0 Å². The monoisotopic (exact) mass is 281 g/mol. The van der Waals surface area contributed by atoms with Gasteiger partial charge < -0.3 is 5.73 Å². The molecule has 1 heterocycles. The first-order chi connectivity index (χ1) is 8.88. The van der Waals surface area contributed by atoms with E-state index in [4.69, 9.17) is 5.73 Å². The average Bonchev–Trinajstić information content (AvgIpc) is 2.31. The summed E-state index contributed by atoms with van der Waals surface area (Å²) in [6.45, 7) is 1.77. The van der Waals surface area contributed by atoms with Crippen LogP contribution in [0.4, 0.5) is 15.8 Å². The van der Waals surface area contributed by atoms with Gasteiger partial charge in [0, 0.05) is 11.9 Å². The molecule has 0 radical (unpaired) electrons. The van der Waals surface area contributed by atoms with Gasteiger partial charge >= 0.3 is 0 Å². The maximum atomic E-state index is 13.6. The number of pyridine rings is 1. The summed E-state index contributed by atoms with van der Waals surface area (Å²) >= 11 is 0. The molecule has 0 spiro atoms. The van der Waals surface area contributed by atoms with Crippen molar-refractivity contribution in [2.45, 2.75) is 11.8 Å². The summed E-state index contributed by atoms with van der Waals surface area (Å²) in [5, 5.41) is 0. The number of aromatic nitrogens is 1. The molecule has 0 saturated heterocycles. The highest BCUT2D eigenvalue weighted by molar-refractivity contribution is 7.92. The number of anilines is 2. The molecule has 0 atom stereocenters. The van der Waals surface area contributed by atoms with Gasteiger partial charge in [0.2, 0.25) is 0 Å². The quantitative estimate of drug-likeness (QED) is 0.842. The van der Waals surface area contributed by atoms with E-state index < -0.39 is 20.7 Å². The first kappa shape index (κ1) is 13.3. The van der Waals surface area contributed by atoms with Gasteiger partial charge in [0.25, 0.3) is 10.0 Å². The van der Waals surface area contributed by atoms with E-state index >= 15 is 0 Å². The van der Waals surface area contributed by atoms with Crippen LogP contribution in [0.2, 0.25) is 0 Å². The van der Waals surface area contributed by atoms with Crippen LogP contribution in [0.25, 0.3) is 0 Å². The van der Waals surface area contributed by atoms with E-state index in [1.54, 1.807) is 19.2 Å². The lowest BCUT2D eigenvalue weighted by Crippen LogP contribution is -2.15. The minimum atomic E-state index is -4.03. The molecular weight excluding hydrogens is 269 g/mol. The predicted octanol–water partition coefficient (Wildman–Crippen LogP) is 1.91. The highest BCUT2D eigenvalue weighted by Gasteiger charge is 2.19. The van der Waals surface area contributed by atoms with Crippen LogP contribution < -0.4 is 10.5 Å². The zero-order valence-electron chi connectivity index (χ0n) is 10.1. The van der Waals surface area contributed by atoms with Crippen LogP contribution in [0, 0.1) is 12.7 Å². The smallest absolute Gasteiger partial charge is 0.264 e. The highest BCUT2D eigenvalue weighted by Crippen LogP contribution is 2.21. The van der Waals surface area contributed by atoms with Gasteiger partial charge in [-0.25, -0.2) is 12.8 Å². The van der Waals surface area contributed by atoms with Crippen molar-refractivity contribution in [3.8, 4) is 0 Å². The van der Waals surface area contributed by atoms with Crippen molar-refractivity contribution < 1.29 is 12.8 Å². The third-order valence-corrected chi connectivity index (χ3v) is 3.77. The third kappa shape index (κ3) is 3.00. The van der Waals surface area contributed by atoms with Gasteiger partial charge in [0.1, 0.15) is 10.7 Å². The van der Waals surface area contributed by atoms with E-state index in [1.807, 2.05) is 0 Å². The summed E-state index contributed by atoms with van der Waals surface area (Å²) in [7, 11) is -4.03. The fraction of sp³-hybridized carbons (Fsp3) is 0.0833. The summed E-state index contributed by atoms with van der Waals surface area (Å²) in [6, 6.07) is 4.97. The van der Waals surface area contributed by atoms with E-state index in [0.29, 0.717) is 0 Å². The summed E-state index contributed by atoms with van der Waals surface area (Å²) in [5.41, 5.74) is 6.69. The van der Waals surface area contributed by atoms with Crippen molar-refractivity contribution in [2.24, 2.45) is 0 Å². The SMILES string of the molecule is Cc1cncc(NS(=O)(=O)c2cc(N)ccc2F)c1. The van der Waals surface area contributed by atoms with E-state index in [2.05, 4.69) is 9.71 Å². The van der Waals surface area contributed by atoms with Crippen LogP contribution in [0.5, 0.6) is 0 Å². The molecule has 1 aromatic carbocycles. The van der Waals surface area contributed by atoms with Crippen LogP contribution in [-0.4, -0.2) is 13.4 Å². The molecule has 0 aliphatic carbocycles. The number of rotatable bonds is 3. The van der Waals surface area contributed by atoms with E-state index in [0.717, 1.165) is 17.7 Å². The Morgan fingerprint density at radius 2 is 2.00 bits per heavy atom. The Balaban J connectivity index is 2.40. The number of benzene rings is 1. The lowest BCUT2D eigenvalue weighted by Gasteiger charge is -2.09. The molecule has 100 valence electrons. The molecule has 0 saturated carbocycles. The molecular formula is C12H12FN3O2S. The van der Waals surface area contributed by atoms with Crippen LogP contribution in [0.1, 0.15) is 5.56 Å². The summed E-state index contributed by atoms with van der Waals surface area (Å²) in [5.74, 6) is -0.859. The second-order valence-corrected chi connectivity index (χ2v) is 5.70. The van der Waals surface area contributed by atoms with Crippen LogP contribution >= 0.6 is 0 Å². The number of nitrogen functional groups attached to an aromatic ring is 1. The van der Waals surface area contributed by atoms with E-state index in [9.17, 15) is 12.8 Å². The Hall–Kier alpha value is -2.15. The fourth-order valence-electron chi connectivity index (χ4n) is 1.55. The number of aryl methyl sites for hydroxylation is 1. The largest absolute Gasteiger partial charge is 0.399 e. The first-order valence-corrected chi connectivity index (χ1v) is 6.86. The lowest BCUT2D eigenvalue weighted by molar-refractivity contribution is 0.570.